The van der Waals surface area contributed by atoms with E-state index in [9.17, 15) is 34.8 Å². The molecule has 0 aromatic heterocycles. The van der Waals surface area contributed by atoms with Crippen LogP contribution in [0, 0.1) is 21.3 Å². The van der Waals surface area contributed by atoms with E-state index in [1.54, 1.807) is 0 Å². The van der Waals surface area contributed by atoms with E-state index in [0.717, 1.165) is 3.57 Å². The Bertz CT molecular complexity index is 1100. The van der Waals surface area contributed by atoms with Gasteiger partial charge in [-0.25, -0.2) is 0 Å². The lowest BCUT2D eigenvalue weighted by molar-refractivity contribution is -0.174. The van der Waals surface area contributed by atoms with Crippen LogP contribution >= 0.6 is 22.6 Å². The molecule has 172 valence electrons. The number of nitrogens with two attached hydrogens (primary N) is 1. The Morgan fingerprint density at radius 3 is 2.41 bits per heavy atom. The minimum Gasteiger partial charge on any atom is -0.507 e. The molecule has 3 aliphatic rings. The van der Waals surface area contributed by atoms with Gasteiger partial charge in [-0.3, -0.25) is 14.4 Å². The zero-order valence-electron chi connectivity index (χ0n) is 18.0. The molecule has 9 heteroatoms. The molecule has 2 unspecified atom stereocenters. The molecular weight excluding hydrogens is 529 g/mol. The van der Waals surface area contributed by atoms with Crippen molar-refractivity contribution >= 4 is 45.8 Å². The number of aromatic hydroxyl groups is 1. The van der Waals surface area contributed by atoms with Crippen LogP contribution in [0.3, 0.4) is 0 Å². The molecule has 5 atom stereocenters. The number of fused-ring (bicyclic) bond motifs is 3. The molecule has 0 spiro atoms. The highest BCUT2D eigenvalue weighted by molar-refractivity contribution is 14.1. The van der Waals surface area contributed by atoms with Crippen molar-refractivity contribution in [2.45, 2.75) is 57.2 Å². The molecule has 3 aliphatic carbocycles. The van der Waals surface area contributed by atoms with E-state index >= 15 is 0 Å². The number of phenolic OH excluding ortho intramolecular Hbond substituents is 1. The molecule has 6 N–H and O–H groups in total. The summed E-state index contributed by atoms with van der Waals surface area (Å²) in [5, 5.41) is 43.7. The van der Waals surface area contributed by atoms with Crippen LogP contribution in [-0.4, -0.2) is 49.6 Å². The standard InChI is InChI=1S/C23H26INO7/c1-22(2,3)11-7-12(24)10-5-8-4-9-6-13(26)16(21(25)31)20(30)23(9,32)19(29)14(8)18(28)15(10)17(11)27/h7-9,13,16,26-28,32H,4-6H2,1-3H3,(H2,25,31)/t8-,9+,13?,16?,23+/m1/s1. The second-order valence-corrected chi connectivity index (χ2v) is 11.3. The number of rotatable bonds is 1. The number of aliphatic hydroxyl groups excluding tert-OH is 2. The highest BCUT2D eigenvalue weighted by Gasteiger charge is 2.64. The molecule has 4 rings (SSSR count). The van der Waals surface area contributed by atoms with Crippen LogP contribution in [0.5, 0.6) is 5.75 Å². The van der Waals surface area contributed by atoms with Crippen molar-refractivity contribution in [3.8, 4) is 5.75 Å². The fraction of sp³-hybridized carbons (Fsp3) is 0.522. The number of hydrogen-bond donors (Lipinski definition) is 5. The van der Waals surface area contributed by atoms with Crippen LogP contribution in [-0.2, 0) is 26.2 Å². The number of halogens is 1. The van der Waals surface area contributed by atoms with Crippen LogP contribution in [0.2, 0.25) is 0 Å². The van der Waals surface area contributed by atoms with E-state index in [-0.39, 0.29) is 29.7 Å². The maximum Gasteiger partial charge on any atom is 0.230 e. The summed E-state index contributed by atoms with van der Waals surface area (Å²) in [6.07, 6.45) is -1.03. The molecular formula is C23H26INO7. The predicted octanol–water partition coefficient (Wildman–Crippen LogP) is 1.49. The molecule has 0 heterocycles. The molecule has 0 saturated heterocycles. The summed E-state index contributed by atoms with van der Waals surface area (Å²) in [7, 11) is 0. The highest BCUT2D eigenvalue weighted by atomic mass is 127. The number of benzene rings is 1. The van der Waals surface area contributed by atoms with Gasteiger partial charge in [-0.1, -0.05) is 20.8 Å². The Labute approximate surface area is 198 Å². The van der Waals surface area contributed by atoms with E-state index in [0.29, 0.717) is 17.5 Å². The predicted molar refractivity (Wildman–Crippen MR) is 123 cm³/mol. The zero-order valence-corrected chi connectivity index (χ0v) is 20.1. The van der Waals surface area contributed by atoms with Gasteiger partial charge in [-0.2, -0.15) is 0 Å². The summed E-state index contributed by atoms with van der Waals surface area (Å²) in [6.45, 7) is 5.74. The molecule has 2 fully saturated rings. The number of phenols is 1. The van der Waals surface area contributed by atoms with Gasteiger partial charge in [0.2, 0.25) is 11.7 Å². The van der Waals surface area contributed by atoms with Crippen molar-refractivity contribution in [3.05, 3.63) is 31.9 Å². The first-order chi connectivity index (χ1) is 14.7. The largest absolute Gasteiger partial charge is 0.507 e. The maximum absolute atomic E-state index is 13.5. The normalized spacial score (nSPS) is 32.3. The lowest BCUT2D eigenvalue weighted by atomic mass is 9.56. The topological polar surface area (TPSA) is 158 Å². The van der Waals surface area contributed by atoms with E-state index in [4.69, 9.17) is 5.73 Å². The Balaban J connectivity index is 1.91. The van der Waals surface area contributed by atoms with Crippen LogP contribution in [0.25, 0.3) is 5.76 Å². The van der Waals surface area contributed by atoms with E-state index in [2.05, 4.69) is 22.6 Å². The fourth-order valence-corrected chi connectivity index (χ4v) is 6.32. The van der Waals surface area contributed by atoms with Gasteiger partial charge in [-0.05, 0) is 64.8 Å². The molecule has 2 saturated carbocycles. The van der Waals surface area contributed by atoms with Crippen LogP contribution in [0.4, 0.5) is 0 Å². The number of carbonyl (C=O) groups is 3. The van der Waals surface area contributed by atoms with E-state index < -0.39 is 58.1 Å². The second-order valence-electron chi connectivity index (χ2n) is 10.1. The average molecular weight is 555 g/mol. The highest BCUT2D eigenvalue weighted by Crippen LogP contribution is 2.53. The first-order valence-corrected chi connectivity index (χ1v) is 11.6. The second kappa shape index (κ2) is 7.26. The van der Waals surface area contributed by atoms with Crippen molar-refractivity contribution in [2.75, 3.05) is 0 Å². The molecule has 0 radical (unpaired) electrons. The molecule has 1 aromatic carbocycles. The summed E-state index contributed by atoms with van der Waals surface area (Å²) in [5.74, 6) is -6.93. The lowest BCUT2D eigenvalue weighted by Crippen LogP contribution is -2.66. The average Bonchev–Trinajstić information content (AvgIpc) is 2.66. The molecule has 32 heavy (non-hydrogen) atoms. The van der Waals surface area contributed by atoms with Crippen molar-refractivity contribution in [3.63, 3.8) is 0 Å². The third-order valence-electron chi connectivity index (χ3n) is 7.14. The molecule has 0 bridgehead atoms. The first-order valence-electron chi connectivity index (χ1n) is 10.5. The number of amides is 1. The number of carbonyl (C=O) groups excluding carboxylic acids is 3. The number of Topliss-reactive ketones (excluding diaryl/α,β-unsaturated/α-hetero) is 2. The molecule has 1 aromatic rings. The number of hydrogen-bond acceptors (Lipinski definition) is 7. The summed E-state index contributed by atoms with van der Waals surface area (Å²) in [5.41, 5.74) is 3.56. The summed E-state index contributed by atoms with van der Waals surface area (Å²) >= 11 is 2.14. The van der Waals surface area contributed by atoms with Crippen LogP contribution < -0.4 is 5.73 Å². The Hall–Kier alpha value is -1.98. The Morgan fingerprint density at radius 1 is 1.22 bits per heavy atom. The summed E-state index contributed by atoms with van der Waals surface area (Å²) in [6, 6.07) is 1.86. The zero-order chi connectivity index (χ0) is 23.9. The van der Waals surface area contributed by atoms with Gasteiger partial charge in [0.1, 0.15) is 17.4 Å². The van der Waals surface area contributed by atoms with Crippen molar-refractivity contribution in [2.24, 2.45) is 23.5 Å². The van der Waals surface area contributed by atoms with E-state index in [1.165, 1.54) is 0 Å². The van der Waals surface area contributed by atoms with Gasteiger partial charge in [0.25, 0.3) is 0 Å². The minimum atomic E-state index is -2.55. The molecule has 0 aliphatic heterocycles. The smallest absolute Gasteiger partial charge is 0.230 e. The molecule has 1 amide bonds. The van der Waals surface area contributed by atoms with Gasteiger partial charge in [0.05, 0.1) is 11.7 Å². The van der Waals surface area contributed by atoms with Gasteiger partial charge in [0, 0.05) is 20.6 Å². The first kappa shape index (κ1) is 23.2. The number of ketones is 2. The lowest BCUT2D eigenvalue weighted by Gasteiger charge is -2.48. The van der Waals surface area contributed by atoms with Crippen LogP contribution in [0.15, 0.2) is 11.6 Å². The quantitative estimate of drug-likeness (QED) is 0.260. The summed E-state index contributed by atoms with van der Waals surface area (Å²) in [4.78, 5) is 38.2. The number of aliphatic hydroxyl groups is 3. The Kier molecular flexibility index (Phi) is 5.26. The fourth-order valence-electron chi connectivity index (χ4n) is 5.52. The summed E-state index contributed by atoms with van der Waals surface area (Å²) < 4.78 is 0.827. The van der Waals surface area contributed by atoms with Crippen molar-refractivity contribution in [1.82, 2.24) is 0 Å². The third-order valence-corrected chi connectivity index (χ3v) is 8.10. The monoisotopic (exact) mass is 555 g/mol. The van der Waals surface area contributed by atoms with Gasteiger partial charge >= 0.3 is 0 Å². The van der Waals surface area contributed by atoms with Crippen molar-refractivity contribution in [1.29, 1.82) is 0 Å². The van der Waals surface area contributed by atoms with Crippen LogP contribution in [0.1, 0.15) is 50.3 Å². The van der Waals surface area contributed by atoms with Gasteiger partial charge < -0.3 is 26.2 Å². The number of primary amides is 1. The van der Waals surface area contributed by atoms with Gasteiger partial charge in [-0.15, -0.1) is 0 Å². The molecule has 8 nitrogen and oxygen atoms in total. The van der Waals surface area contributed by atoms with Crippen molar-refractivity contribution < 1.29 is 34.8 Å². The van der Waals surface area contributed by atoms with Gasteiger partial charge in [0.15, 0.2) is 11.4 Å². The maximum atomic E-state index is 13.5. The minimum absolute atomic E-state index is 0.124. The SMILES string of the molecule is CC(C)(C)c1cc(I)c2c(c1O)C(O)=C1C(=O)[C@]3(O)C(=O)C(C(N)=O)C(O)C[C@@H]3C[C@@H]1C2. The Morgan fingerprint density at radius 2 is 1.84 bits per heavy atom. The third kappa shape index (κ3) is 3.04. The van der Waals surface area contributed by atoms with E-state index in [1.807, 2.05) is 26.8 Å².